The van der Waals surface area contributed by atoms with Gasteiger partial charge in [0.15, 0.2) is 5.78 Å². The third-order valence-corrected chi connectivity index (χ3v) is 3.26. The molecule has 0 aliphatic heterocycles. The van der Waals surface area contributed by atoms with E-state index in [9.17, 15) is 14.9 Å². The number of carbonyl (C=O) groups excluding carboxylic acids is 1. The molecule has 0 N–H and O–H groups in total. The van der Waals surface area contributed by atoms with Gasteiger partial charge in [0, 0.05) is 29.2 Å². The molecule has 0 amide bonds. The average molecular weight is 285 g/mol. The minimum Gasteiger partial charge on any atom is -0.496 e. The summed E-state index contributed by atoms with van der Waals surface area (Å²) in [5, 5.41) is 10.8. The first-order chi connectivity index (χ1) is 10.0. The molecule has 0 aliphatic carbocycles. The molecule has 0 unspecified atom stereocenters. The van der Waals surface area contributed by atoms with Crippen LogP contribution >= 0.6 is 0 Å². The molecule has 0 saturated carbocycles. The van der Waals surface area contributed by atoms with Crippen LogP contribution in [-0.2, 0) is 6.42 Å². The Morgan fingerprint density at radius 1 is 1.24 bits per heavy atom. The number of carbonyl (C=O) groups is 1. The van der Waals surface area contributed by atoms with Gasteiger partial charge >= 0.3 is 0 Å². The predicted molar refractivity (Wildman–Crippen MR) is 78.9 cm³/mol. The van der Waals surface area contributed by atoms with Gasteiger partial charge in [0.1, 0.15) is 5.75 Å². The number of para-hydroxylation sites is 1. The molecule has 0 heterocycles. The van der Waals surface area contributed by atoms with Crippen molar-refractivity contribution in [2.75, 3.05) is 7.11 Å². The molecule has 0 bridgehead atoms. The highest BCUT2D eigenvalue weighted by Crippen LogP contribution is 2.22. The highest BCUT2D eigenvalue weighted by molar-refractivity contribution is 5.98. The van der Waals surface area contributed by atoms with Crippen molar-refractivity contribution in [3.05, 3.63) is 69.3 Å². The number of ether oxygens (including phenoxy) is 1. The summed E-state index contributed by atoms with van der Waals surface area (Å²) in [6.45, 7) is 1.62. The molecule has 2 aromatic carbocycles. The summed E-state index contributed by atoms with van der Waals surface area (Å²) in [6.07, 6.45) is 0.196. The van der Waals surface area contributed by atoms with Gasteiger partial charge in [0.05, 0.1) is 12.0 Å². The second-order valence-electron chi connectivity index (χ2n) is 4.67. The lowest BCUT2D eigenvalue weighted by atomic mass is 10.0. The van der Waals surface area contributed by atoms with Crippen LogP contribution in [0.2, 0.25) is 0 Å². The number of methoxy groups -OCH3 is 1. The molecule has 0 saturated heterocycles. The van der Waals surface area contributed by atoms with E-state index in [0.29, 0.717) is 16.9 Å². The van der Waals surface area contributed by atoms with Gasteiger partial charge in [-0.15, -0.1) is 0 Å². The van der Waals surface area contributed by atoms with E-state index in [0.717, 1.165) is 5.56 Å². The van der Waals surface area contributed by atoms with Gasteiger partial charge in [0.25, 0.3) is 5.69 Å². The molecule has 0 aliphatic rings. The first kappa shape index (κ1) is 14.7. The molecule has 2 rings (SSSR count). The van der Waals surface area contributed by atoms with Gasteiger partial charge in [-0.05, 0) is 25.1 Å². The number of nitrogens with zero attached hydrogens (tertiary/aromatic N) is 1. The van der Waals surface area contributed by atoms with Crippen LogP contribution in [0.4, 0.5) is 5.69 Å². The Labute approximate surface area is 122 Å². The molecule has 0 fully saturated rings. The topological polar surface area (TPSA) is 69.4 Å². The van der Waals surface area contributed by atoms with Crippen LogP contribution in [-0.4, -0.2) is 17.8 Å². The Bertz CT molecular complexity index is 694. The van der Waals surface area contributed by atoms with Crippen LogP contribution in [0.25, 0.3) is 0 Å². The van der Waals surface area contributed by atoms with Gasteiger partial charge < -0.3 is 4.74 Å². The van der Waals surface area contributed by atoms with E-state index in [2.05, 4.69) is 0 Å². The molecule has 2 aromatic rings. The molecular weight excluding hydrogens is 270 g/mol. The summed E-state index contributed by atoms with van der Waals surface area (Å²) >= 11 is 0. The van der Waals surface area contributed by atoms with Gasteiger partial charge in [-0.1, -0.05) is 18.2 Å². The third kappa shape index (κ3) is 3.25. The van der Waals surface area contributed by atoms with Gasteiger partial charge in [-0.3, -0.25) is 14.9 Å². The van der Waals surface area contributed by atoms with Crippen LogP contribution in [0.3, 0.4) is 0 Å². The van der Waals surface area contributed by atoms with E-state index < -0.39 is 4.92 Å². The first-order valence-electron chi connectivity index (χ1n) is 6.43. The van der Waals surface area contributed by atoms with E-state index in [1.54, 1.807) is 26.2 Å². The fraction of sp³-hybridized carbons (Fsp3) is 0.188. The lowest BCUT2D eigenvalue weighted by Gasteiger charge is -2.08. The summed E-state index contributed by atoms with van der Waals surface area (Å²) in [7, 11) is 1.55. The maximum atomic E-state index is 12.3. The van der Waals surface area contributed by atoms with Crippen molar-refractivity contribution in [2.24, 2.45) is 0 Å². The van der Waals surface area contributed by atoms with Crippen LogP contribution in [0.15, 0.2) is 42.5 Å². The fourth-order valence-corrected chi connectivity index (χ4v) is 2.16. The number of benzene rings is 2. The molecule has 108 valence electrons. The van der Waals surface area contributed by atoms with E-state index in [1.807, 2.05) is 18.2 Å². The zero-order valence-electron chi connectivity index (χ0n) is 11.8. The lowest BCUT2D eigenvalue weighted by Crippen LogP contribution is -2.06. The smallest absolute Gasteiger partial charge is 0.272 e. The summed E-state index contributed by atoms with van der Waals surface area (Å²) in [6, 6.07) is 11.7. The van der Waals surface area contributed by atoms with Crippen LogP contribution in [0.5, 0.6) is 5.75 Å². The molecular formula is C16H15NO4. The van der Waals surface area contributed by atoms with E-state index in [4.69, 9.17) is 4.74 Å². The molecule has 0 radical (unpaired) electrons. The van der Waals surface area contributed by atoms with Crippen molar-refractivity contribution in [2.45, 2.75) is 13.3 Å². The summed E-state index contributed by atoms with van der Waals surface area (Å²) in [5.41, 5.74) is 1.75. The Morgan fingerprint density at radius 2 is 1.95 bits per heavy atom. The van der Waals surface area contributed by atoms with Crippen LogP contribution in [0.1, 0.15) is 21.5 Å². The quantitative estimate of drug-likeness (QED) is 0.480. The molecule has 5 nitrogen and oxygen atoms in total. The summed E-state index contributed by atoms with van der Waals surface area (Å²) in [5.74, 6) is 0.557. The van der Waals surface area contributed by atoms with Crippen LogP contribution < -0.4 is 4.74 Å². The van der Waals surface area contributed by atoms with Crippen molar-refractivity contribution >= 4 is 11.5 Å². The Morgan fingerprint density at radius 3 is 2.57 bits per heavy atom. The predicted octanol–water partition coefficient (Wildman–Crippen LogP) is 3.34. The van der Waals surface area contributed by atoms with E-state index in [-0.39, 0.29) is 17.9 Å². The fourth-order valence-electron chi connectivity index (χ4n) is 2.16. The molecule has 5 heteroatoms. The number of aryl methyl sites for hydroxylation is 1. The molecule has 0 atom stereocenters. The first-order valence-corrected chi connectivity index (χ1v) is 6.43. The number of nitro benzene ring substituents is 1. The molecule has 0 aromatic heterocycles. The number of Topliss-reactive ketones (excluding diaryl/α,β-unsaturated/α-hetero) is 1. The maximum Gasteiger partial charge on any atom is 0.272 e. The Kier molecular flexibility index (Phi) is 4.33. The van der Waals surface area contributed by atoms with Crippen LogP contribution in [0, 0.1) is 17.0 Å². The van der Waals surface area contributed by atoms with E-state index in [1.165, 1.54) is 12.1 Å². The van der Waals surface area contributed by atoms with Crippen molar-refractivity contribution < 1.29 is 14.5 Å². The number of nitro groups is 1. The van der Waals surface area contributed by atoms with Crippen molar-refractivity contribution in [1.82, 2.24) is 0 Å². The monoisotopic (exact) mass is 285 g/mol. The zero-order valence-corrected chi connectivity index (χ0v) is 11.8. The minimum atomic E-state index is -0.455. The van der Waals surface area contributed by atoms with Crippen molar-refractivity contribution in [1.29, 1.82) is 0 Å². The molecule has 21 heavy (non-hydrogen) atoms. The van der Waals surface area contributed by atoms with Gasteiger partial charge in [-0.25, -0.2) is 0 Å². The SMILES string of the molecule is COc1ccccc1CC(=O)c1ccc([N+](=O)[O-])c(C)c1. The number of hydrogen-bond donors (Lipinski definition) is 0. The second kappa shape index (κ2) is 6.17. The summed E-state index contributed by atoms with van der Waals surface area (Å²) in [4.78, 5) is 22.6. The zero-order chi connectivity index (χ0) is 15.4. The summed E-state index contributed by atoms with van der Waals surface area (Å²) < 4.78 is 5.21. The third-order valence-electron chi connectivity index (χ3n) is 3.26. The van der Waals surface area contributed by atoms with Crippen molar-refractivity contribution in [3.8, 4) is 5.75 Å². The number of rotatable bonds is 5. The lowest BCUT2D eigenvalue weighted by molar-refractivity contribution is -0.385. The average Bonchev–Trinajstić information content (AvgIpc) is 2.47. The number of ketones is 1. The number of hydrogen-bond acceptors (Lipinski definition) is 4. The maximum absolute atomic E-state index is 12.3. The van der Waals surface area contributed by atoms with Gasteiger partial charge in [0.2, 0.25) is 0 Å². The van der Waals surface area contributed by atoms with Crippen molar-refractivity contribution in [3.63, 3.8) is 0 Å². The normalized spacial score (nSPS) is 10.2. The standard InChI is InChI=1S/C16H15NO4/c1-11-9-12(7-8-14(11)17(19)20)15(18)10-13-5-3-4-6-16(13)21-2/h3-9H,10H2,1-2H3. The Hall–Kier alpha value is -2.69. The largest absolute Gasteiger partial charge is 0.496 e. The Balaban J connectivity index is 2.25. The molecule has 0 spiro atoms. The van der Waals surface area contributed by atoms with E-state index >= 15 is 0 Å². The highest BCUT2D eigenvalue weighted by atomic mass is 16.6. The second-order valence-corrected chi connectivity index (χ2v) is 4.67. The highest BCUT2D eigenvalue weighted by Gasteiger charge is 2.15. The minimum absolute atomic E-state index is 0.0174. The van der Waals surface area contributed by atoms with Gasteiger partial charge in [-0.2, -0.15) is 0 Å².